The van der Waals surface area contributed by atoms with E-state index in [4.69, 9.17) is 14.2 Å². The van der Waals surface area contributed by atoms with Gasteiger partial charge < -0.3 is 50.0 Å². The van der Waals surface area contributed by atoms with Crippen LogP contribution in [-0.2, 0) is 14.2 Å². The monoisotopic (exact) mass is 606 g/mol. The van der Waals surface area contributed by atoms with Crippen LogP contribution < -0.4 is 0 Å². The van der Waals surface area contributed by atoms with Crippen LogP contribution in [0.5, 0.6) is 0 Å². The molecule has 43 heavy (non-hydrogen) atoms. The Kier molecular flexibility index (Phi) is 8.44. The van der Waals surface area contributed by atoms with E-state index < -0.39 is 61.0 Å². The smallest absolute Gasteiger partial charge is 0.187 e. The van der Waals surface area contributed by atoms with Crippen molar-refractivity contribution in [3.8, 4) is 0 Å². The van der Waals surface area contributed by atoms with Gasteiger partial charge in [0.15, 0.2) is 6.29 Å². The van der Waals surface area contributed by atoms with Crippen LogP contribution in [0.25, 0.3) is 0 Å². The van der Waals surface area contributed by atoms with Gasteiger partial charge in [0.2, 0.25) is 0 Å². The number of allylic oxidation sites excluding steroid dienone is 2. The zero-order valence-electron chi connectivity index (χ0n) is 25.5. The molecule has 2 heterocycles. The first-order valence-corrected chi connectivity index (χ1v) is 16.0. The predicted octanol–water partition coefficient (Wildman–Crippen LogP) is 1.30. The Morgan fingerprint density at radius 2 is 1.81 bits per heavy atom. The number of hydrogen-bond donors (Lipinski definition) is 7. The summed E-state index contributed by atoms with van der Waals surface area (Å²) in [5.41, 5.74) is 2.44. The summed E-state index contributed by atoms with van der Waals surface area (Å²) in [6.07, 6.45) is -1.46. The quantitative estimate of drug-likeness (QED) is 0.210. The number of aliphatic hydroxyl groups excluding tert-OH is 7. The fourth-order valence-corrected chi connectivity index (χ4v) is 10.2. The van der Waals surface area contributed by atoms with Crippen LogP contribution in [0, 0.1) is 34.5 Å². The average molecular weight is 607 g/mol. The van der Waals surface area contributed by atoms with Crippen molar-refractivity contribution in [3.05, 3.63) is 35.1 Å². The van der Waals surface area contributed by atoms with Gasteiger partial charge in [0, 0.05) is 24.2 Å². The minimum absolute atomic E-state index is 0.0392. The lowest BCUT2D eigenvalue weighted by Gasteiger charge is -2.60. The van der Waals surface area contributed by atoms with Gasteiger partial charge in [-0.15, -0.1) is 0 Å². The first kappa shape index (κ1) is 31.6. The average Bonchev–Trinajstić information content (AvgIpc) is 3.43. The summed E-state index contributed by atoms with van der Waals surface area (Å²) in [4.78, 5) is 0. The van der Waals surface area contributed by atoms with Crippen molar-refractivity contribution in [3.63, 3.8) is 0 Å². The Labute approximate surface area is 253 Å². The molecule has 10 nitrogen and oxygen atoms in total. The van der Waals surface area contributed by atoms with E-state index in [0.29, 0.717) is 38.0 Å². The van der Waals surface area contributed by atoms with Gasteiger partial charge in [-0.05, 0) is 67.8 Å². The van der Waals surface area contributed by atoms with Gasteiger partial charge >= 0.3 is 0 Å². The van der Waals surface area contributed by atoms with Crippen molar-refractivity contribution in [1.82, 2.24) is 0 Å². The standard InChI is InChI=1S/C33H50O10/c1-15(14-41-31-30(40)29(39)28(38)24(13-34)43-31)5-8-22-16(2)26-23(42-22)11-20-19-7-6-17-9-18(35)10-25(37)33(17,4)27(19)21(36)12-32(20,26)3/h6,18-21,23-31,34-40H,1,5,7-14H2,2-4H3. The fraction of sp³-hybridized carbons (Fsp3) is 0.818. The zero-order chi connectivity index (χ0) is 31.0. The molecule has 0 bridgehead atoms. The van der Waals surface area contributed by atoms with Crippen LogP contribution >= 0.6 is 0 Å². The normalized spacial score (nSPS) is 50.7. The minimum atomic E-state index is -1.49. The second-order valence-electron chi connectivity index (χ2n) is 14.7. The third-order valence-electron chi connectivity index (χ3n) is 12.3. The Balaban J connectivity index is 1.10. The lowest BCUT2D eigenvalue weighted by Crippen LogP contribution is -2.60. The van der Waals surface area contributed by atoms with Gasteiger partial charge in [0.05, 0.1) is 37.3 Å². The van der Waals surface area contributed by atoms with Crippen molar-refractivity contribution in [2.45, 2.75) is 121 Å². The summed E-state index contributed by atoms with van der Waals surface area (Å²) < 4.78 is 17.7. The van der Waals surface area contributed by atoms with Crippen LogP contribution in [0.1, 0.15) is 65.7 Å². The first-order chi connectivity index (χ1) is 20.3. The van der Waals surface area contributed by atoms with Crippen molar-refractivity contribution < 1.29 is 50.0 Å². The molecule has 0 amide bonds. The minimum Gasteiger partial charge on any atom is -0.494 e. The molecule has 6 aliphatic rings. The number of fused-ring (bicyclic) bond motifs is 7. The second-order valence-corrected chi connectivity index (χ2v) is 14.7. The molecule has 10 heteroatoms. The summed E-state index contributed by atoms with van der Waals surface area (Å²) >= 11 is 0. The molecule has 4 aliphatic carbocycles. The third kappa shape index (κ3) is 4.96. The highest BCUT2D eigenvalue weighted by Crippen LogP contribution is 2.69. The topological polar surface area (TPSA) is 169 Å². The maximum atomic E-state index is 11.7. The number of rotatable bonds is 7. The van der Waals surface area contributed by atoms with E-state index >= 15 is 0 Å². The van der Waals surface area contributed by atoms with Gasteiger partial charge in [-0.25, -0.2) is 0 Å². The van der Waals surface area contributed by atoms with Crippen molar-refractivity contribution >= 4 is 0 Å². The van der Waals surface area contributed by atoms with Crippen LogP contribution in [0.4, 0.5) is 0 Å². The number of ether oxygens (including phenoxy) is 3. The molecule has 4 fully saturated rings. The van der Waals surface area contributed by atoms with Crippen molar-refractivity contribution in [2.24, 2.45) is 34.5 Å². The van der Waals surface area contributed by atoms with Crippen LogP contribution in [-0.4, -0.2) is 104 Å². The Bertz CT molecular complexity index is 1150. The van der Waals surface area contributed by atoms with Crippen LogP contribution in [0.2, 0.25) is 0 Å². The Morgan fingerprint density at radius 3 is 2.53 bits per heavy atom. The van der Waals surface area contributed by atoms with Crippen LogP contribution in [0.15, 0.2) is 35.1 Å². The van der Waals surface area contributed by atoms with Gasteiger partial charge in [0.1, 0.15) is 30.5 Å². The molecular weight excluding hydrogens is 556 g/mol. The van der Waals surface area contributed by atoms with E-state index in [1.54, 1.807) is 0 Å². The molecule has 0 aromatic carbocycles. The third-order valence-corrected chi connectivity index (χ3v) is 12.3. The second kappa shape index (κ2) is 11.5. The Morgan fingerprint density at radius 1 is 1.07 bits per heavy atom. The SMILES string of the molecule is C=C(CCC1=C(C)C2C(CC3C4CC=C5CC(O)CC(O)C5(C)C4C(O)CC32C)O1)COC1OC(CO)C(O)C(O)C1O. The molecule has 3 saturated carbocycles. The maximum Gasteiger partial charge on any atom is 0.187 e. The van der Waals surface area contributed by atoms with E-state index in [0.717, 1.165) is 29.7 Å². The molecule has 0 aromatic heterocycles. The molecule has 0 aromatic rings. The molecule has 6 rings (SSSR count). The fourth-order valence-electron chi connectivity index (χ4n) is 10.2. The van der Waals surface area contributed by atoms with Gasteiger partial charge in [-0.2, -0.15) is 0 Å². The van der Waals surface area contributed by atoms with Crippen molar-refractivity contribution in [2.75, 3.05) is 13.2 Å². The number of aliphatic hydroxyl groups is 7. The molecule has 15 unspecified atom stereocenters. The molecule has 0 spiro atoms. The molecule has 1 saturated heterocycles. The van der Waals surface area contributed by atoms with E-state index in [9.17, 15) is 35.7 Å². The van der Waals surface area contributed by atoms with Gasteiger partial charge in [-0.1, -0.05) is 37.6 Å². The largest absolute Gasteiger partial charge is 0.494 e. The highest BCUT2D eigenvalue weighted by molar-refractivity contribution is 5.32. The summed E-state index contributed by atoms with van der Waals surface area (Å²) in [6.45, 7) is 10.2. The first-order valence-electron chi connectivity index (χ1n) is 16.0. The Hall–Kier alpha value is -1.34. The maximum absolute atomic E-state index is 11.7. The highest BCUT2D eigenvalue weighted by atomic mass is 16.7. The van der Waals surface area contributed by atoms with Gasteiger partial charge in [-0.3, -0.25) is 0 Å². The predicted molar refractivity (Wildman–Crippen MR) is 155 cm³/mol. The van der Waals surface area contributed by atoms with E-state index in [2.05, 4.69) is 33.4 Å². The number of hydrogen-bond acceptors (Lipinski definition) is 10. The lowest BCUT2D eigenvalue weighted by molar-refractivity contribution is -0.299. The van der Waals surface area contributed by atoms with E-state index in [-0.39, 0.29) is 35.9 Å². The van der Waals surface area contributed by atoms with Crippen LogP contribution in [0.3, 0.4) is 0 Å². The summed E-state index contributed by atoms with van der Waals surface area (Å²) in [5.74, 6) is 1.73. The molecule has 15 atom stereocenters. The van der Waals surface area contributed by atoms with E-state index in [1.165, 1.54) is 5.57 Å². The molecule has 2 aliphatic heterocycles. The lowest BCUT2D eigenvalue weighted by atomic mass is 9.45. The molecular formula is C33H50O10. The van der Waals surface area contributed by atoms with Crippen molar-refractivity contribution in [1.29, 1.82) is 0 Å². The summed E-state index contributed by atoms with van der Waals surface area (Å²) in [7, 11) is 0. The molecule has 0 radical (unpaired) electrons. The van der Waals surface area contributed by atoms with Gasteiger partial charge in [0.25, 0.3) is 0 Å². The highest BCUT2D eigenvalue weighted by Gasteiger charge is 2.67. The molecule has 7 N–H and O–H groups in total. The summed E-state index contributed by atoms with van der Waals surface area (Å²) in [6, 6.07) is 0. The zero-order valence-corrected chi connectivity index (χ0v) is 25.5. The summed E-state index contributed by atoms with van der Waals surface area (Å²) in [5, 5.41) is 72.9. The molecule has 242 valence electrons. The van der Waals surface area contributed by atoms with E-state index in [1.807, 2.05) is 0 Å².